The van der Waals surface area contributed by atoms with Crippen LogP contribution in [-0.4, -0.2) is 27.3 Å². The second-order valence-electron chi connectivity index (χ2n) is 9.25. The second-order valence-corrected chi connectivity index (χ2v) is 9.25. The molecule has 1 rings (SSSR count). The van der Waals surface area contributed by atoms with Crippen molar-refractivity contribution in [2.75, 3.05) is 0 Å². The number of carboxylic acids is 2. The van der Waals surface area contributed by atoms with Gasteiger partial charge < -0.3 is 15.3 Å². The zero-order chi connectivity index (χ0) is 21.6. The minimum absolute atomic E-state index is 0.00859. The Bertz CT molecular complexity index is 601. The van der Waals surface area contributed by atoms with Gasteiger partial charge in [0.1, 0.15) is 5.75 Å². The van der Waals surface area contributed by atoms with Crippen LogP contribution in [0.5, 0.6) is 5.75 Å². The van der Waals surface area contributed by atoms with Crippen LogP contribution in [-0.2, 0) is 20.4 Å². The number of phenols is 1. The van der Waals surface area contributed by atoms with Gasteiger partial charge in [-0.3, -0.25) is 9.59 Å². The molecule has 154 valence electrons. The van der Waals surface area contributed by atoms with Crippen molar-refractivity contribution < 1.29 is 24.9 Å². The van der Waals surface area contributed by atoms with Crippen molar-refractivity contribution in [1.82, 2.24) is 0 Å². The monoisotopic (exact) mass is 380 g/mol. The van der Waals surface area contributed by atoms with Crippen LogP contribution in [0.1, 0.15) is 85.8 Å². The molecule has 0 spiro atoms. The molecule has 0 fully saturated rings. The van der Waals surface area contributed by atoms with E-state index in [1.165, 1.54) is 6.92 Å². The highest BCUT2D eigenvalue weighted by Gasteiger charge is 2.40. The first-order valence-electron chi connectivity index (χ1n) is 9.38. The number of unbranched alkanes of at least 4 members (excludes halogenated alkanes) is 1. The first-order valence-corrected chi connectivity index (χ1v) is 9.38. The fourth-order valence-corrected chi connectivity index (χ4v) is 2.59. The molecule has 0 saturated carbocycles. The van der Waals surface area contributed by atoms with Gasteiger partial charge in [-0.15, -0.1) is 0 Å². The van der Waals surface area contributed by atoms with E-state index in [0.29, 0.717) is 12.2 Å². The molecule has 5 nitrogen and oxygen atoms in total. The van der Waals surface area contributed by atoms with Crippen molar-refractivity contribution in [3.05, 3.63) is 29.3 Å². The lowest BCUT2D eigenvalue weighted by Crippen LogP contribution is -2.36. The van der Waals surface area contributed by atoms with E-state index in [1.54, 1.807) is 0 Å². The van der Waals surface area contributed by atoms with E-state index in [0.717, 1.165) is 17.5 Å². The van der Waals surface area contributed by atoms with Crippen molar-refractivity contribution >= 4 is 11.9 Å². The van der Waals surface area contributed by atoms with Gasteiger partial charge in [0, 0.05) is 0 Å². The number of hydrogen-bond donors (Lipinski definition) is 3. The third kappa shape index (κ3) is 6.89. The van der Waals surface area contributed by atoms with Gasteiger partial charge in [-0.2, -0.15) is 0 Å². The summed E-state index contributed by atoms with van der Waals surface area (Å²) in [6.07, 6.45) is 1.61. The summed E-state index contributed by atoms with van der Waals surface area (Å²) >= 11 is 0. The Labute approximate surface area is 163 Å². The Morgan fingerprint density at radius 1 is 0.852 bits per heavy atom. The summed E-state index contributed by atoms with van der Waals surface area (Å²) in [7, 11) is 0. The van der Waals surface area contributed by atoms with E-state index in [2.05, 4.69) is 41.5 Å². The molecule has 0 unspecified atom stereocenters. The van der Waals surface area contributed by atoms with Crippen LogP contribution >= 0.6 is 0 Å². The first kappa shape index (κ1) is 25.0. The van der Waals surface area contributed by atoms with Crippen molar-refractivity contribution in [1.29, 1.82) is 0 Å². The summed E-state index contributed by atoms with van der Waals surface area (Å²) in [6, 6.07) is 6.04. The Balaban J connectivity index is 0.000000516. The number of phenolic OH excluding ortho intramolecular Hbond substituents is 1. The standard InChI is InChI=1S/C14H22O.C8H14O4/c1-13(2,3)10-8-7-9-11(12(10)15)14(4,5)6;1-3-4-5-8(2,6(9)10)7(11)12/h7-9,15H,1-6H3;3-5H2,1-2H3,(H,9,10)(H,11,12). The van der Waals surface area contributed by atoms with Crippen LogP contribution in [0.3, 0.4) is 0 Å². The van der Waals surface area contributed by atoms with Crippen molar-refractivity contribution in [2.24, 2.45) is 5.41 Å². The van der Waals surface area contributed by atoms with Gasteiger partial charge in [0.25, 0.3) is 0 Å². The molecule has 0 atom stereocenters. The SMILES string of the molecule is CC(C)(C)c1cccc(C(C)(C)C)c1O.CCCCC(C)(C(=O)O)C(=O)O. The molecule has 0 saturated heterocycles. The Morgan fingerprint density at radius 2 is 1.22 bits per heavy atom. The van der Waals surface area contributed by atoms with E-state index in [1.807, 2.05) is 25.1 Å². The smallest absolute Gasteiger partial charge is 0.320 e. The van der Waals surface area contributed by atoms with Crippen molar-refractivity contribution in [2.45, 2.75) is 85.5 Å². The molecule has 0 amide bonds. The fourth-order valence-electron chi connectivity index (χ4n) is 2.59. The molecule has 0 aliphatic rings. The summed E-state index contributed by atoms with van der Waals surface area (Å²) in [5.41, 5.74) is 0.414. The van der Waals surface area contributed by atoms with Gasteiger partial charge in [0.2, 0.25) is 0 Å². The summed E-state index contributed by atoms with van der Waals surface area (Å²) in [5.74, 6) is -2.07. The molecule has 0 radical (unpaired) electrons. The molecule has 0 bridgehead atoms. The van der Waals surface area contributed by atoms with Crippen LogP contribution in [0, 0.1) is 5.41 Å². The fraction of sp³-hybridized carbons (Fsp3) is 0.636. The quantitative estimate of drug-likeness (QED) is 0.599. The topological polar surface area (TPSA) is 94.8 Å². The molecule has 27 heavy (non-hydrogen) atoms. The van der Waals surface area contributed by atoms with E-state index in [-0.39, 0.29) is 17.3 Å². The molecule has 1 aromatic rings. The number of para-hydroxylation sites is 1. The number of benzene rings is 1. The van der Waals surface area contributed by atoms with E-state index in [9.17, 15) is 14.7 Å². The maximum Gasteiger partial charge on any atom is 0.320 e. The lowest BCUT2D eigenvalue weighted by molar-refractivity contribution is -0.163. The first-order chi connectivity index (χ1) is 12.1. The predicted molar refractivity (Wildman–Crippen MR) is 108 cm³/mol. The Morgan fingerprint density at radius 3 is 1.48 bits per heavy atom. The Kier molecular flexibility index (Phi) is 8.55. The van der Waals surface area contributed by atoms with Gasteiger partial charge in [-0.05, 0) is 35.3 Å². The molecule has 0 aliphatic heterocycles. The van der Waals surface area contributed by atoms with Crippen LogP contribution < -0.4 is 0 Å². The third-order valence-corrected chi connectivity index (χ3v) is 4.63. The maximum absolute atomic E-state index is 10.6. The highest BCUT2D eigenvalue weighted by atomic mass is 16.4. The van der Waals surface area contributed by atoms with E-state index >= 15 is 0 Å². The summed E-state index contributed by atoms with van der Waals surface area (Å²) in [5, 5.41) is 27.6. The molecule has 3 N–H and O–H groups in total. The maximum atomic E-state index is 10.6. The van der Waals surface area contributed by atoms with E-state index < -0.39 is 17.4 Å². The highest BCUT2D eigenvalue weighted by molar-refractivity contribution is 5.97. The Hall–Kier alpha value is -2.04. The van der Waals surface area contributed by atoms with Gasteiger partial charge in [0.05, 0.1) is 0 Å². The second kappa shape index (κ2) is 9.25. The minimum atomic E-state index is -1.62. The summed E-state index contributed by atoms with van der Waals surface area (Å²) in [4.78, 5) is 21.2. The number of carboxylic acid groups (broad SMARTS) is 2. The number of hydrogen-bond acceptors (Lipinski definition) is 3. The molecule has 5 heteroatoms. The third-order valence-electron chi connectivity index (χ3n) is 4.63. The molecule has 0 aliphatic carbocycles. The van der Waals surface area contributed by atoms with Crippen LogP contribution in [0.2, 0.25) is 0 Å². The van der Waals surface area contributed by atoms with Gasteiger partial charge in [0.15, 0.2) is 5.41 Å². The summed E-state index contributed by atoms with van der Waals surface area (Å²) in [6.45, 7) is 15.9. The minimum Gasteiger partial charge on any atom is -0.507 e. The molecule has 1 aromatic carbocycles. The van der Waals surface area contributed by atoms with Crippen LogP contribution in [0.15, 0.2) is 18.2 Å². The zero-order valence-corrected chi connectivity index (χ0v) is 18.0. The lowest BCUT2D eigenvalue weighted by Gasteiger charge is -2.26. The van der Waals surface area contributed by atoms with Crippen molar-refractivity contribution in [3.8, 4) is 5.75 Å². The highest BCUT2D eigenvalue weighted by Crippen LogP contribution is 2.38. The number of rotatable bonds is 5. The number of carbonyl (C=O) groups is 2. The molecular formula is C22H36O5. The van der Waals surface area contributed by atoms with Gasteiger partial charge in [-0.1, -0.05) is 79.5 Å². The number of aliphatic carboxylic acids is 2. The van der Waals surface area contributed by atoms with Crippen molar-refractivity contribution in [3.63, 3.8) is 0 Å². The molecule has 0 heterocycles. The van der Waals surface area contributed by atoms with Gasteiger partial charge in [-0.25, -0.2) is 0 Å². The lowest BCUT2D eigenvalue weighted by atomic mass is 9.80. The zero-order valence-electron chi connectivity index (χ0n) is 18.0. The normalized spacial score (nSPS) is 12.1. The van der Waals surface area contributed by atoms with Crippen LogP contribution in [0.25, 0.3) is 0 Å². The predicted octanol–water partition coefficient (Wildman–Crippen LogP) is 5.34. The van der Waals surface area contributed by atoms with E-state index in [4.69, 9.17) is 10.2 Å². The van der Waals surface area contributed by atoms with Crippen LogP contribution in [0.4, 0.5) is 0 Å². The largest absolute Gasteiger partial charge is 0.507 e. The van der Waals surface area contributed by atoms with Gasteiger partial charge >= 0.3 is 11.9 Å². The molecular weight excluding hydrogens is 344 g/mol. The average Bonchev–Trinajstić information content (AvgIpc) is 2.50. The summed E-state index contributed by atoms with van der Waals surface area (Å²) < 4.78 is 0. The molecule has 0 aromatic heterocycles. The average molecular weight is 381 g/mol. The number of aromatic hydroxyl groups is 1.